The number of hydrogen-bond donors (Lipinski definition) is 1. The van der Waals surface area contributed by atoms with Crippen molar-refractivity contribution in [3.63, 3.8) is 0 Å². The summed E-state index contributed by atoms with van der Waals surface area (Å²) in [5, 5.41) is 2.89. The third-order valence-electron chi connectivity index (χ3n) is 7.25. The van der Waals surface area contributed by atoms with Crippen LogP contribution in [-0.2, 0) is 16.3 Å². The fourth-order valence-corrected chi connectivity index (χ4v) is 5.34. The van der Waals surface area contributed by atoms with Gasteiger partial charge in [-0.05, 0) is 60.7 Å². The summed E-state index contributed by atoms with van der Waals surface area (Å²) in [7, 11) is 3.83. The van der Waals surface area contributed by atoms with E-state index in [0.717, 1.165) is 5.69 Å². The average molecular weight is 523 g/mol. The van der Waals surface area contributed by atoms with E-state index in [9.17, 15) is 23.6 Å². The van der Waals surface area contributed by atoms with E-state index in [1.165, 1.54) is 15.9 Å². The Bertz CT molecular complexity index is 1210. The molecule has 0 bridgehead atoms. The molecule has 9 heteroatoms. The lowest BCUT2D eigenvalue weighted by Crippen LogP contribution is -2.53. The van der Waals surface area contributed by atoms with Crippen LogP contribution in [0.5, 0.6) is 0 Å². The molecule has 0 unspecified atom stereocenters. The Morgan fingerprint density at radius 3 is 2.39 bits per heavy atom. The van der Waals surface area contributed by atoms with E-state index in [-0.39, 0.29) is 36.0 Å². The fraction of sp³-hybridized carbons (Fsp3) is 0.448. The number of nitrogens with zero attached hydrogens (tertiary/aromatic N) is 3. The van der Waals surface area contributed by atoms with Crippen molar-refractivity contribution >= 4 is 29.2 Å². The highest BCUT2D eigenvalue weighted by Gasteiger charge is 2.52. The van der Waals surface area contributed by atoms with Gasteiger partial charge in [0.1, 0.15) is 18.8 Å². The summed E-state index contributed by atoms with van der Waals surface area (Å²) in [4.78, 5) is 58.0. The molecule has 2 aliphatic heterocycles. The van der Waals surface area contributed by atoms with Gasteiger partial charge < -0.3 is 20.0 Å². The van der Waals surface area contributed by atoms with Crippen molar-refractivity contribution in [2.24, 2.45) is 5.92 Å². The van der Waals surface area contributed by atoms with Gasteiger partial charge in [0.15, 0.2) is 5.78 Å². The second kappa shape index (κ2) is 11.3. The van der Waals surface area contributed by atoms with Gasteiger partial charge in [-0.15, -0.1) is 0 Å². The van der Waals surface area contributed by atoms with E-state index in [1.54, 1.807) is 30.3 Å². The van der Waals surface area contributed by atoms with E-state index in [0.29, 0.717) is 36.1 Å². The molecule has 202 valence electrons. The van der Waals surface area contributed by atoms with Crippen LogP contribution in [0, 0.1) is 5.92 Å². The molecular formula is C29H35FN4O4. The van der Waals surface area contributed by atoms with Gasteiger partial charge in [0.05, 0.1) is 12.6 Å². The van der Waals surface area contributed by atoms with Gasteiger partial charge in [0.2, 0.25) is 5.91 Å². The Balaban J connectivity index is 1.50. The van der Waals surface area contributed by atoms with Crippen molar-refractivity contribution in [1.82, 2.24) is 15.1 Å². The zero-order chi connectivity index (χ0) is 27.6. The Morgan fingerprint density at radius 2 is 1.76 bits per heavy atom. The van der Waals surface area contributed by atoms with Crippen molar-refractivity contribution in [1.29, 1.82) is 0 Å². The molecule has 3 amide bonds. The quantitative estimate of drug-likeness (QED) is 0.576. The lowest BCUT2D eigenvalue weighted by atomic mass is 10.0. The third kappa shape index (κ3) is 5.56. The number of benzene rings is 2. The smallest absolute Gasteiger partial charge is 0.254 e. The molecule has 0 aliphatic carbocycles. The van der Waals surface area contributed by atoms with Gasteiger partial charge >= 0.3 is 0 Å². The number of carbonyl (C=O) groups is 4. The number of Topliss-reactive ketones (excluding diaryl/α,β-unsaturated/α-hetero) is 1. The molecular weight excluding hydrogens is 487 g/mol. The molecule has 1 N–H and O–H groups in total. The number of amides is 3. The summed E-state index contributed by atoms with van der Waals surface area (Å²) in [6.45, 7) is 3.47. The second-order valence-corrected chi connectivity index (χ2v) is 10.7. The van der Waals surface area contributed by atoms with E-state index in [2.05, 4.69) is 5.32 Å². The van der Waals surface area contributed by atoms with E-state index in [1.807, 2.05) is 45.0 Å². The maximum absolute atomic E-state index is 13.7. The van der Waals surface area contributed by atoms with Crippen LogP contribution in [0.3, 0.4) is 0 Å². The first-order chi connectivity index (χ1) is 18.1. The zero-order valence-corrected chi connectivity index (χ0v) is 22.3. The molecule has 2 saturated heterocycles. The number of nitrogens with one attached hydrogen (secondary N) is 1. The minimum absolute atomic E-state index is 0.1000. The van der Waals surface area contributed by atoms with Crippen molar-refractivity contribution in [2.45, 2.75) is 51.5 Å². The minimum atomic E-state index is -0.798. The molecule has 2 heterocycles. The molecule has 8 nitrogen and oxygen atoms in total. The van der Waals surface area contributed by atoms with E-state index in [4.69, 9.17) is 0 Å². The fourth-order valence-electron chi connectivity index (χ4n) is 5.34. The molecule has 2 aliphatic rings. The lowest BCUT2D eigenvalue weighted by Gasteiger charge is -2.29. The second-order valence-electron chi connectivity index (χ2n) is 10.7. The number of likely N-dealkylation sites (tertiary alicyclic amines) is 2. The molecule has 2 aromatic carbocycles. The highest BCUT2D eigenvalue weighted by molar-refractivity contribution is 6.03. The normalized spacial score (nSPS) is 19.5. The molecule has 4 rings (SSSR count). The van der Waals surface area contributed by atoms with Crippen LogP contribution in [0.1, 0.15) is 53.0 Å². The molecule has 3 atom stereocenters. The first-order valence-electron chi connectivity index (χ1n) is 13.0. The molecule has 2 fully saturated rings. The largest absolute Gasteiger partial charge is 0.378 e. The summed E-state index contributed by atoms with van der Waals surface area (Å²) in [6, 6.07) is 11.5. The van der Waals surface area contributed by atoms with Gasteiger partial charge in [-0.3, -0.25) is 19.2 Å². The van der Waals surface area contributed by atoms with Crippen LogP contribution in [0.15, 0.2) is 48.5 Å². The number of halogens is 1. The number of rotatable bonds is 8. The standard InChI is InChI=1S/C29H35FN4O4/c1-18(2)14-23(31-27(36)20-8-10-22(11-9-20)32(3)4)29(38)33-13-12-24-26(33)25(35)17-34(24)28(37)21-7-5-6-19(15-21)16-30/h5-11,15,18,23-24,26H,12-14,16-17H2,1-4H3,(H,31,36)/t23-,24+,26-/m0/s1. The molecule has 0 spiro atoms. The van der Waals surface area contributed by atoms with E-state index < -0.39 is 24.8 Å². The lowest BCUT2D eigenvalue weighted by molar-refractivity contribution is -0.138. The number of ketones is 1. The number of fused-ring (bicyclic) bond motifs is 1. The van der Waals surface area contributed by atoms with Crippen molar-refractivity contribution in [3.8, 4) is 0 Å². The van der Waals surface area contributed by atoms with Gasteiger partial charge in [-0.1, -0.05) is 26.0 Å². The number of anilines is 1. The average Bonchev–Trinajstić information content (AvgIpc) is 3.48. The van der Waals surface area contributed by atoms with Crippen LogP contribution in [-0.4, -0.2) is 78.6 Å². The Morgan fingerprint density at radius 1 is 1.05 bits per heavy atom. The molecule has 2 aromatic rings. The SMILES string of the molecule is CC(C)C[C@H](NC(=O)c1ccc(N(C)C)cc1)C(=O)N1CC[C@@H]2[C@H]1C(=O)CN2C(=O)c1cccc(CF)c1. The van der Waals surface area contributed by atoms with Gasteiger partial charge in [-0.25, -0.2) is 4.39 Å². The highest BCUT2D eigenvalue weighted by Crippen LogP contribution is 2.32. The van der Waals surface area contributed by atoms with Gasteiger partial charge in [0.25, 0.3) is 11.8 Å². The molecule has 0 aromatic heterocycles. The topological polar surface area (TPSA) is 90.0 Å². The van der Waals surface area contributed by atoms with E-state index >= 15 is 0 Å². The summed E-state index contributed by atoms with van der Waals surface area (Å²) >= 11 is 0. The van der Waals surface area contributed by atoms with Gasteiger partial charge in [0, 0.05) is 37.5 Å². The number of carbonyl (C=O) groups excluding carboxylic acids is 4. The predicted octanol–water partition coefficient (Wildman–Crippen LogP) is 3.06. The first kappa shape index (κ1) is 27.3. The van der Waals surface area contributed by atoms with Crippen molar-refractivity contribution in [3.05, 3.63) is 65.2 Å². The van der Waals surface area contributed by atoms with Crippen LogP contribution < -0.4 is 10.2 Å². The summed E-state index contributed by atoms with van der Waals surface area (Å²) in [6.07, 6.45) is 0.881. The number of hydrogen-bond acceptors (Lipinski definition) is 5. The van der Waals surface area contributed by atoms with Crippen molar-refractivity contribution < 1.29 is 23.6 Å². The molecule has 0 radical (unpaired) electrons. The van der Waals surface area contributed by atoms with Crippen LogP contribution in [0.25, 0.3) is 0 Å². The molecule has 38 heavy (non-hydrogen) atoms. The summed E-state index contributed by atoms with van der Waals surface area (Å²) in [5.41, 5.74) is 2.11. The van der Waals surface area contributed by atoms with Gasteiger partial charge in [-0.2, -0.15) is 0 Å². The molecule has 0 saturated carbocycles. The Kier molecular flexibility index (Phi) is 8.14. The van der Waals surface area contributed by atoms with Crippen LogP contribution in [0.2, 0.25) is 0 Å². The Labute approximate surface area is 222 Å². The summed E-state index contributed by atoms with van der Waals surface area (Å²) < 4.78 is 13.1. The van der Waals surface area contributed by atoms with Crippen LogP contribution in [0.4, 0.5) is 10.1 Å². The minimum Gasteiger partial charge on any atom is -0.378 e. The third-order valence-corrected chi connectivity index (χ3v) is 7.25. The maximum Gasteiger partial charge on any atom is 0.254 e. The Hall–Kier alpha value is -3.75. The van der Waals surface area contributed by atoms with Crippen molar-refractivity contribution in [2.75, 3.05) is 32.1 Å². The van der Waals surface area contributed by atoms with Crippen LogP contribution >= 0.6 is 0 Å². The number of alkyl halides is 1. The monoisotopic (exact) mass is 522 g/mol. The zero-order valence-electron chi connectivity index (χ0n) is 22.3. The highest BCUT2D eigenvalue weighted by atomic mass is 19.1. The summed E-state index contributed by atoms with van der Waals surface area (Å²) in [5.74, 6) is -1.09. The predicted molar refractivity (Wildman–Crippen MR) is 143 cm³/mol. The first-order valence-corrected chi connectivity index (χ1v) is 13.0. The maximum atomic E-state index is 13.7.